The number of amides is 2. The molecule has 192 valence electrons. The predicted molar refractivity (Wildman–Crippen MR) is 145 cm³/mol. The van der Waals surface area contributed by atoms with E-state index in [1.54, 1.807) is 48.5 Å². The summed E-state index contributed by atoms with van der Waals surface area (Å²) in [5, 5.41) is 16.1. The van der Waals surface area contributed by atoms with Crippen molar-refractivity contribution in [2.45, 2.75) is 19.4 Å². The summed E-state index contributed by atoms with van der Waals surface area (Å²) in [5.41, 5.74) is 4.27. The molecule has 5 N–H and O–H groups in total. The summed E-state index contributed by atoms with van der Waals surface area (Å²) in [5.74, 6) is -0.968. The quantitative estimate of drug-likeness (QED) is 0.178. The van der Waals surface area contributed by atoms with Gasteiger partial charge in [0.15, 0.2) is 0 Å². The van der Waals surface area contributed by atoms with E-state index < -0.39 is 5.97 Å². The number of carbonyl (C=O) groups excluding carboxylic acids is 3. The van der Waals surface area contributed by atoms with Crippen LogP contribution in [0.1, 0.15) is 39.4 Å². The van der Waals surface area contributed by atoms with Gasteiger partial charge in [-0.25, -0.2) is 4.79 Å². The highest BCUT2D eigenvalue weighted by atomic mass is 16.5. The fourth-order valence-corrected chi connectivity index (χ4v) is 4.12. The van der Waals surface area contributed by atoms with Crippen LogP contribution in [0.5, 0.6) is 0 Å². The van der Waals surface area contributed by atoms with E-state index in [4.69, 9.17) is 9.84 Å². The van der Waals surface area contributed by atoms with E-state index in [0.29, 0.717) is 29.2 Å². The van der Waals surface area contributed by atoms with Crippen molar-refractivity contribution in [1.82, 2.24) is 9.97 Å². The van der Waals surface area contributed by atoms with Crippen molar-refractivity contribution < 1.29 is 24.2 Å². The van der Waals surface area contributed by atoms with Gasteiger partial charge in [0.2, 0.25) is 5.91 Å². The first kappa shape index (κ1) is 24.8. The first-order valence-electron chi connectivity index (χ1n) is 12.2. The third-order valence-corrected chi connectivity index (χ3v) is 6.02. The average molecular weight is 511 g/mol. The van der Waals surface area contributed by atoms with Gasteiger partial charge in [-0.3, -0.25) is 9.59 Å². The van der Waals surface area contributed by atoms with Gasteiger partial charge in [-0.2, -0.15) is 0 Å². The molecule has 0 aliphatic carbocycles. The molecule has 5 rings (SSSR count). The Balaban J connectivity index is 1.25. The number of nitrogens with one attached hydrogen (secondary N) is 4. The molecule has 5 aromatic rings. The van der Waals surface area contributed by atoms with Crippen LogP contribution in [-0.2, 0) is 16.1 Å². The lowest BCUT2D eigenvalue weighted by Crippen LogP contribution is -2.12. The van der Waals surface area contributed by atoms with Crippen molar-refractivity contribution in [3.63, 3.8) is 0 Å². The topological polar surface area (TPSA) is 136 Å². The van der Waals surface area contributed by atoms with Crippen LogP contribution < -0.4 is 10.6 Å². The maximum absolute atomic E-state index is 12.9. The van der Waals surface area contributed by atoms with Crippen LogP contribution >= 0.6 is 0 Å². The van der Waals surface area contributed by atoms with Gasteiger partial charge in [0, 0.05) is 46.2 Å². The second-order valence-corrected chi connectivity index (χ2v) is 8.86. The molecule has 0 atom stereocenters. The van der Waals surface area contributed by atoms with Gasteiger partial charge in [-0.05, 0) is 60.5 Å². The number of ether oxygens (including phenoxy) is 1. The summed E-state index contributed by atoms with van der Waals surface area (Å²) in [6.07, 6.45) is 0.633. The number of rotatable bonds is 9. The molecule has 2 heterocycles. The molecular weight excluding hydrogens is 484 g/mol. The minimum absolute atomic E-state index is 0.0395. The van der Waals surface area contributed by atoms with Crippen molar-refractivity contribution >= 4 is 51.0 Å². The zero-order chi connectivity index (χ0) is 26.5. The van der Waals surface area contributed by atoms with Crippen LogP contribution in [0.3, 0.4) is 0 Å². The van der Waals surface area contributed by atoms with Gasteiger partial charge in [0.1, 0.15) is 18.0 Å². The summed E-state index contributed by atoms with van der Waals surface area (Å²) in [6.45, 7) is 0.140. The number of aromatic nitrogens is 2. The molecule has 0 bridgehead atoms. The Bertz CT molecular complexity index is 1620. The molecule has 0 aliphatic heterocycles. The fourth-order valence-electron chi connectivity index (χ4n) is 4.12. The monoisotopic (exact) mass is 510 g/mol. The Kier molecular flexibility index (Phi) is 7.19. The Morgan fingerprint density at radius 2 is 1.39 bits per heavy atom. The molecule has 38 heavy (non-hydrogen) atoms. The summed E-state index contributed by atoms with van der Waals surface area (Å²) >= 11 is 0. The van der Waals surface area contributed by atoms with Gasteiger partial charge in [-0.15, -0.1) is 0 Å². The number of esters is 1. The largest absolute Gasteiger partial charge is 0.456 e. The van der Waals surface area contributed by atoms with E-state index in [9.17, 15) is 14.4 Å². The van der Waals surface area contributed by atoms with Crippen molar-refractivity contribution in [1.29, 1.82) is 0 Å². The van der Waals surface area contributed by atoms with Crippen LogP contribution in [0.25, 0.3) is 21.8 Å². The molecule has 0 saturated heterocycles. The number of aliphatic hydroxyl groups excluding tert-OH is 1. The Hall–Kier alpha value is -4.89. The normalized spacial score (nSPS) is 11.0. The lowest BCUT2D eigenvalue weighted by Gasteiger charge is -2.04. The molecule has 3 aromatic carbocycles. The molecule has 0 spiro atoms. The zero-order valence-electron chi connectivity index (χ0n) is 20.4. The Morgan fingerprint density at radius 1 is 0.763 bits per heavy atom. The van der Waals surface area contributed by atoms with E-state index in [1.165, 1.54) is 0 Å². The van der Waals surface area contributed by atoms with E-state index in [-0.39, 0.29) is 31.4 Å². The Labute approximate surface area is 217 Å². The lowest BCUT2D eigenvalue weighted by molar-refractivity contribution is -0.116. The van der Waals surface area contributed by atoms with Crippen molar-refractivity contribution in [2.24, 2.45) is 0 Å². The van der Waals surface area contributed by atoms with E-state index in [1.807, 2.05) is 30.3 Å². The van der Waals surface area contributed by atoms with Crippen LogP contribution in [-0.4, -0.2) is 39.5 Å². The number of H-pyrrole nitrogens is 2. The van der Waals surface area contributed by atoms with E-state index in [2.05, 4.69) is 20.6 Å². The van der Waals surface area contributed by atoms with E-state index >= 15 is 0 Å². The molecule has 9 heteroatoms. The number of hydrogen-bond acceptors (Lipinski definition) is 5. The lowest BCUT2D eigenvalue weighted by atomic mass is 10.2. The third kappa shape index (κ3) is 5.74. The Morgan fingerprint density at radius 3 is 2.08 bits per heavy atom. The van der Waals surface area contributed by atoms with Crippen molar-refractivity contribution in [2.75, 3.05) is 17.2 Å². The van der Waals surface area contributed by atoms with Crippen LogP contribution in [0.2, 0.25) is 0 Å². The smallest absolute Gasteiger partial charge is 0.355 e. The molecule has 0 aliphatic rings. The minimum atomic E-state index is -0.460. The first-order chi connectivity index (χ1) is 18.5. The second-order valence-electron chi connectivity index (χ2n) is 8.86. The third-order valence-electron chi connectivity index (χ3n) is 6.02. The molecule has 0 unspecified atom stereocenters. The maximum Gasteiger partial charge on any atom is 0.355 e. The van der Waals surface area contributed by atoms with Gasteiger partial charge in [-0.1, -0.05) is 30.3 Å². The highest BCUT2D eigenvalue weighted by molar-refractivity contribution is 6.07. The SMILES string of the molecule is O=C(CCCO)Nc1ccc2[nH]c(C(=O)Nc3ccc4[nH]c(C(=O)OCc5ccccc5)cc4c3)cc2c1. The van der Waals surface area contributed by atoms with E-state index in [0.717, 1.165) is 27.4 Å². The number of hydrogen-bond donors (Lipinski definition) is 5. The fraction of sp³-hybridized carbons (Fsp3) is 0.138. The number of benzene rings is 3. The first-order valence-corrected chi connectivity index (χ1v) is 12.2. The highest BCUT2D eigenvalue weighted by Crippen LogP contribution is 2.24. The number of carbonyl (C=O) groups is 3. The number of aromatic amines is 2. The number of anilines is 2. The molecule has 2 amide bonds. The minimum Gasteiger partial charge on any atom is -0.456 e. The van der Waals surface area contributed by atoms with Crippen molar-refractivity contribution in [3.05, 3.63) is 95.8 Å². The molecule has 9 nitrogen and oxygen atoms in total. The van der Waals surface area contributed by atoms with Crippen LogP contribution in [0, 0.1) is 0 Å². The number of fused-ring (bicyclic) bond motifs is 2. The van der Waals surface area contributed by atoms with Gasteiger partial charge < -0.3 is 30.4 Å². The molecule has 2 aromatic heterocycles. The summed E-state index contributed by atoms with van der Waals surface area (Å²) < 4.78 is 5.39. The maximum atomic E-state index is 12.9. The predicted octanol–water partition coefficient (Wildman–Crippen LogP) is 4.97. The summed E-state index contributed by atoms with van der Waals surface area (Å²) in [6, 6.07) is 23.5. The molecule has 0 fully saturated rings. The van der Waals surface area contributed by atoms with Crippen molar-refractivity contribution in [3.8, 4) is 0 Å². The molecule has 0 saturated carbocycles. The average Bonchev–Trinajstić information content (AvgIpc) is 3.55. The van der Waals surface area contributed by atoms with Gasteiger partial charge in [0.25, 0.3) is 5.91 Å². The summed E-state index contributed by atoms with van der Waals surface area (Å²) in [4.78, 5) is 43.5. The molecule has 0 radical (unpaired) electrons. The second kappa shape index (κ2) is 11.0. The highest BCUT2D eigenvalue weighted by Gasteiger charge is 2.14. The zero-order valence-corrected chi connectivity index (χ0v) is 20.4. The standard InChI is InChI=1S/C29H26N4O5/c34-12-4-7-27(35)30-21-8-10-23-19(13-21)15-25(32-23)28(36)31-22-9-11-24-20(14-22)16-26(33-24)29(37)38-17-18-5-2-1-3-6-18/h1-3,5-6,8-11,13-16,32-34H,4,7,12,17H2,(H,30,35)(H,31,36). The summed E-state index contributed by atoms with van der Waals surface area (Å²) in [7, 11) is 0. The molecular formula is C29H26N4O5. The van der Waals surface area contributed by atoms with Gasteiger partial charge in [0.05, 0.1) is 0 Å². The van der Waals surface area contributed by atoms with Crippen LogP contribution in [0.15, 0.2) is 78.9 Å². The van der Waals surface area contributed by atoms with Gasteiger partial charge >= 0.3 is 5.97 Å². The number of aliphatic hydroxyl groups is 1. The van der Waals surface area contributed by atoms with Crippen LogP contribution in [0.4, 0.5) is 11.4 Å².